The average molecular weight is 420 g/mol. The van der Waals surface area contributed by atoms with E-state index in [1.165, 1.54) is 37.5 Å². The monoisotopic (exact) mass is 420 g/mol. The molecule has 0 unspecified atom stereocenters. The van der Waals surface area contributed by atoms with Crippen LogP contribution < -0.4 is 14.4 Å². The van der Waals surface area contributed by atoms with Crippen LogP contribution >= 0.6 is 0 Å². The van der Waals surface area contributed by atoms with Gasteiger partial charge in [-0.3, -0.25) is 4.90 Å². The molecule has 2 aromatic rings. The molecule has 154 valence electrons. The summed E-state index contributed by atoms with van der Waals surface area (Å²) in [6.45, 7) is 5.15. The van der Waals surface area contributed by atoms with Gasteiger partial charge in [0.25, 0.3) is 10.0 Å². The molecule has 1 aromatic carbocycles. The number of anilines is 1. The lowest BCUT2D eigenvalue weighted by Gasteiger charge is -2.20. The summed E-state index contributed by atoms with van der Waals surface area (Å²) < 4.78 is 37.1. The Hall–Kier alpha value is -3.47. The highest BCUT2D eigenvalue weighted by Crippen LogP contribution is 2.19. The molecule has 0 spiro atoms. The van der Waals surface area contributed by atoms with Gasteiger partial charge in [0.2, 0.25) is 11.8 Å². The Morgan fingerprint density at radius 2 is 1.93 bits per heavy atom. The van der Waals surface area contributed by atoms with E-state index in [0.717, 1.165) is 12.0 Å². The number of ether oxygens (including phenoxy) is 2. The van der Waals surface area contributed by atoms with Crippen molar-refractivity contribution in [3.63, 3.8) is 0 Å². The predicted molar refractivity (Wildman–Crippen MR) is 104 cm³/mol. The SMILES string of the molecule is C=CCN(C(=O)NS(=O)(=O)c1ccccc1C(=O)OC)c1nc(C)cc(OC)n1. The number of hydrogen-bond acceptors (Lipinski definition) is 8. The van der Waals surface area contributed by atoms with Crippen LogP contribution in [0.1, 0.15) is 16.1 Å². The normalized spacial score (nSPS) is 10.7. The molecule has 1 heterocycles. The minimum absolute atomic E-state index is 0.0734. The zero-order valence-electron chi connectivity index (χ0n) is 16.1. The molecule has 0 radical (unpaired) electrons. The van der Waals surface area contributed by atoms with Crippen molar-refractivity contribution < 1.29 is 27.5 Å². The smallest absolute Gasteiger partial charge is 0.339 e. The molecule has 1 N–H and O–H groups in total. The van der Waals surface area contributed by atoms with E-state index < -0.39 is 26.9 Å². The molecule has 0 bridgehead atoms. The van der Waals surface area contributed by atoms with Crippen LogP contribution in [0.4, 0.5) is 10.7 Å². The number of hydrogen-bond donors (Lipinski definition) is 1. The number of esters is 1. The summed E-state index contributed by atoms with van der Waals surface area (Å²) in [4.78, 5) is 33.4. The van der Waals surface area contributed by atoms with Gasteiger partial charge in [-0.15, -0.1) is 6.58 Å². The molecule has 29 heavy (non-hydrogen) atoms. The van der Waals surface area contributed by atoms with Crippen molar-refractivity contribution in [2.24, 2.45) is 0 Å². The summed E-state index contributed by atoms with van der Waals surface area (Å²) in [5.74, 6) is -0.725. The van der Waals surface area contributed by atoms with Crippen LogP contribution in [0.15, 0.2) is 47.9 Å². The van der Waals surface area contributed by atoms with Gasteiger partial charge in [0, 0.05) is 18.3 Å². The zero-order chi connectivity index (χ0) is 21.6. The lowest BCUT2D eigenvalue weighted by Crippen LogP contribution is -2.44. The number of amides is 2. The number of aryl methyl sites for hydroxylation is 1. The molecule has 2 rings (SSSR count). The molecular weight excluding hydrogens is 400 g/mol. The van der Waals surface area contributed by atoms with E-state index in [2.05, 4.69) is 21.3 Å². The summed E-state index contributed by atoms with van der Waals surface area (Å²) in [5, 5.41) is 0. The number of carbonyl (C=O) groups is 2. The maximum absolute atomic E-state index is 12.8. The number of benzene rings is 1. The van der Waals surface area contributed by atoms with Gasteiger partial charge in [-0.05, 0) is 19.1 Å². The van der Waals surface area contributed by atoms with Crippen molar-refractivity contribution in [1.29, 1.82) is 0 Å². The minimum atomic E-state index is -4.41. The maximum atomic E-state index is 12.8. The van der Waals surface area contributed by atoms with Crippen molar-refractivity contribution in [3.8, 4) is 5.88 Å². The first-order chi connectivity index (χ1) is 13.7. The standard InChI is InChI=1S/C18H20N4O6S/c1-5-10-22(17-19-12(2)11-15(20-17)27-3)18(24)21-29(25,26)14-9-7-6-8-13(14)16(23)28-4/h5-9,11H,1,10H2,2-4H3,(H,21,24). The number of rotatable bonds is 7. The summed E-state index contributed by atoms with van der Waals surface area (Å²) >= 11 is 0. The number of aromatic nitrogens is 2. The maximum Gasteiger partial charge on any atom is 0.339 e. The van der Waals surface area contributed by atoms with Crippen LogP contribution in [-0.4, -0.2) is 51.2 Å². The molecule has 0 aliphatic rings. The van der Waals surface area contributed by atoms with E-state index >= 15 is 0 Å². The topological polar surface area (TPSA) is 128 Å². The second kappa shape index (κ2) is 9.15. The summed E-state index contributed by atoms with van der Waals surface area (Å²) in [5.41, 5.74) is 0.298. The second-order valence-corrected chi connectivity index (χ2v) is 7.30. The van der Waals surface area contributed by atoms with Crippen molar-refractivity contribution in [2.75, 3.05) is 25.7 Å². The molecule has 0 fully saturated rings. The van der Waals surface area contributed by atoms with Gasteiger partial charge < -0.3 is 9.47 Å². The van der Waals surface area contributed by atoms with Crippen molar-refractivity contribution in [1.82, 2.24) is 14.7 Å². The Kier molecular flexibility index (Phi) is 6.89. The Bertz CT molecular complexity index is 1040. The summed E-state index contributed by atoms with van der Waals surface area (Å²) in [7, 11) is -1.88. The third-order valence-corrected chi connectivity index (χ3v) is 5.01. The lowest BCUT2D eigenvalue weighted by molar-refractivity contribution is 0.0596. The Morgan fingerprint density at radius 3 is 2.55 bits per heavy atom. The Balaban J connectivity index is 2.41. The molecule has 1 aromatic heterocycles. The van der Waals surface area contributed by atoms with Crippen LogP contribution in [0.3, 0.4) is 0 Å². The largest absolute Gasteiger partial charge is 0.481 e. The number of urea groups is 1. The molecule has 0 aliphatic heterocycles. The van der Waals surface area contributed by atoms with Crippen LogP contribution in [0.25, 0.3) is 0 Å². The highest BCUT2D eigenvalue weighted by atomic mass is 32.2. The first-order valence-corrected chi connectivity index (χ1v) is 9.74. The van der Waals surface area contributed by atoms with Gasteiger partial charge in [-0.2, -0.15) is 4.98 Å². The third-order valence-electron chi connectivity index (χ3n) is 3.63. The lowest BCUT2D eigenvalue weighted by atomic mass is 10.2. The summed E-state index contributed by atoms with van der Waals surface area (Å²) in [6, 6.07) is 5.88. The molecule has 0 aliphatic carbocycles. The van der Waals surface area contributed by atoms with E-state index in [1.807, 2.05) is 4.72 Å². The molecule has 10 nitrogen and oxygen atoms in total. The fourth-order valence-electron chi connectivity index (χ4n) is 2.34. The molecule has 11 heteroatoms. The third kappa shape index (κ3) is 5.08. The fraction of sp³-hybridized carbons (Fsp3) is 0.222. The summed E-state index contributed by atoms with van der Waals surface area (Å²) in [6.07, 6.45) is 1.38. The molecule has 0 saturated carbocycles. The molecule has 2 amide bonds. The van der Waals surface area contributed by atoms with Gasteiger partial charge in [-0.25, -0.2) is 27.7 Å². The fourth-order valence-corrected chi connectivity index (χ4v) is 3.49. The van der Waals surface area contributed by atoms with Gasteiger partial charge in [0.05, 0.1) is 19.8 Å². The number of methoxy groups -OCH3 is 2. The van der Waals surface area contributed by atoms with Crippen molar-refractivity contribution in [3.05, 3.63) is 54.2 Å². The Morgan fingerprint density at radius 1 is 1.24 bits per heavy atom. The first kappa shape index (κ1) is 21.8. The van der Waals surface area contributed by atoms with Crippen LogP contribution in [0, 0.1) is 6.92 Å². The van der Waals surface area contributed by atoms with Crippen molar-refractivity contribution >= 4 is 28.0 Å². The zero-order valence-corrected chi connectivity index (χ0v) is 16.9. The Labute approximate surface area is 168 Å². The quantitative estimate of drug-likeness (QED) is 0.529. The van der Waals surface area contributed by atoms with Gasteiger partial charge in [0.15, 0.2) is 0 Å². The molecule has 0 atom stereocenters. The average Bonchev–Trinajstić information content (AvgIpc) is 2.70. The number of sulfonamides is 1. The van der Waals surface area contributed by atoms with Crippen molar-refractivity contribution in [2.45, 2.75) is 11.8 Å². The molecule has 0 saturated heterocycles. The predicted octanol–water partition coefficient (Wildman–Crippen LogP) is 1.67. The second-order valence-electron chi connectivity index (χ2n) is 5.65. The van der Waals surface area contributed by atoms with E-state index in [4.69, 9.17) is 4.74 Å². The number of nitrogens with zero attached hydrogens (tertiary/aromatic N) is 3. The minimum Gasteiger partial charge on any atom is -0.481 e. The van der Waals surface area contributed by atoms with E-state index in [9.17, 15) is 18.0 Å². The number of carbonyl (C=O) groups excluding carboxylic acids is 2. The van der Waals surface area contributed by atoms with Crippen LogP contribution in [-0.2, 0) is 14.8 Å². The number of nitrogens with one attached hydrogen (secondary N) is 1. The first-order valence-electron chi connectivity index (χ1n) is 8.25. The highest BCUT2D eigenvalue weighted by molar-refractivity contribution is 7.90. The van der Waals surface area contributed by atoms with E-state index in [1.54, 1.807) is 13.0 Å². The van der Waals surface area contributed by atoms with Gasteiger partial charge in [0.1, 0.15) is 4.90 Å². The van der Waals surface area contributed by atoms with Gasteiger partial charge >= 0.3 is 12.0 Å². The van der Waals surface area contributed by atoms with Gasteiger partial charge in [-0.1, -0.05) is 18.2 Å². The van der Waals surface area contributed by atoms with Crippen LogP contribution in [0.2, 0.25) is 0 Å². The highest BCUT2D eigenvalue weighted by Gasteiger charge is 2.28. The van der Waals surface area contributed by atoms with Crippen LogP contribution in [0.5, 0.6) is 5.88 Å². The molecular formula is C18H20N4O6S. The van der Waals surface area contributed by atoms with E-state index in [-0.39, 0.29) is 23.9 Å². The van der Waals surface area contributed by atoms with E-state index in [0.29, 0.717) is 5.69 Å².